The lowest BCUT2D eigenvalue weighted by atomic mass is 9.81. The highest BCUT2D eigenvalue weighted by molar-refractivity contribution is 6.05. The van der Waals surface area contributed by atoms with E-state index in [1.807, 2.05) is 78.9 Å². The maximum Gasteiger partial charge on any atom is 0.326 e. The number of nitrogens with one attached hydrogen (secondary N) is 3. The van der Waals surface area contributed by atoms with Crippen LogP contribution in [0.4, 0.5) is 9.59 Å². The van der Waals surface area contributed by atoms with Gasteiger partial charge in [0.1, 0.15) is 12.1 Å². The van der Waals surface area contributed by atoms with Crippen molar-refractivity contribution in [3.05, 3.63) is 96.1 Å². The second kappa shape index (κ2) is 7.88. The Morgan fingerprint density at radius 1 is 0.735 bits per heavy atom. The molecule has 6 rings (SSSR count). The summed E-state index contributed by atoms with van der Waals surface area (Å²) < 4.78 is 0. The number of fused-ring (bicyclic) bond motifs is 3. The molecule has 4 aromatic rings. The Morgan fingerprint density at radius 2 is 1.35 bits per heavy atom. The molecule has 34 heavy (non-hydrogen) atoms. The molecule has 4 aromatic carbocycles. The van der Waals surface area contributed by atoms with E-state index in [2.05, 4.69) is 22.0 Å². The van der Waals surface area contributed by atoms with E-state index in [4.69, 9.17) is 0 Å². The average molecular weight is 450 g/mol. The first-order chi connectivity index (χ1) is 16.6. The van der Waals surface area contributed by atoms with Crippen molar-refractivity contribution in [1.82, 2.24) is 20.9 Å². The van der Waals surface area contributed by atoms with Crippen molar-refractivity contribution >= 4 is 39.5 Å². The molecule has 0 radical (unpaired) electrons. The maximum atomic E-state index is 13.2. The molecular formula is C27H22N4O3. The fourth-order valence-electron chi connectivity index (χ4n) is 5.22. The average Bonchev–Trinajstić information content (AvgIpc) is 2.85. The van der Waals surface area contributed by atoms with Gasteiger partial charge in [-0.05, 0) is 38.7 Å². The molecule has 0 spiro atoms. The Labute approximate surface area is 195 Å². The predicted molar refractivity (Wildman–Crippen MR) is 129 cm³/mol. The van der Waals surface area contributed by atoms with Crippen LogP contribution in [0.3, 0.4) is 0 Å². The molecule has 0 aromatic heterocycles. The van der Waals surface area contributed by atoms with Gasteiger partial charge in [-0.2, -0.15) is 0 Å². The van der Waals surface area contributed by atoms with Crippen LogP contribution in [-0.2, 0) is 11.3 Å². The van der Waals surface area contributed by atoms with Gasteiger partial charge in [-0.15, -0.1) is 0 Å². The maximum absolute atomic E-state index is 13.2. The third-order valence-corrected chi connectivity index (χ3v) is 6.71. The molecule has 2 heterocycles. The lowest BCUT2D eigenvalue weighted by molar-refractivity contribution is -0.130. The molecular weight excluding hydrogens is 428 g/mol. The van der Waals surface area contributed by atoms with Crippen LogP contribution in [0.15, 0.2) is 84.9 Å². The van der Waals surface area contributed by atoms with E-state index < -0.39 is 36.1 Å². The highest BCUT2D eigenvalue weighted by atomic mass is 16.2. The second-order valence-electron chi connectivity index (χ2n) is 8.71. The molecule has 168 valence electrons. The van der Waals surface area contributed by atoms with Crippen LogP contribution in [-0.4, -0.2) is 29.0 Å². The van der Waals surface area contributed by atoms with Crippen molar-refractivity contribution in [3.63, 3.8) is 0 Å². The summed E-state index contributed by atoms with van der Waals surface area (Å²) in [5.41, 5.74) is 1.79. The Hall–Kier alpha value is -4.39. The first kappa shape index (κ1) is 20.2. The fraction of sp³-hybridized carbons (Fsp3) is 0.148. The topological polar surface area (TPSA) is 90.5 Å². The van der Waals surface area contributed by atoms with Crippen LogP contribution in [0.1, 0.15) is 17.2 Å². The van der Waals surface area contributed by atoms with Crippen molar-refractivity contribution in [2.75, 3.05) is 0 Å². The molecule has 2 fully saturated rings. The number of imide groups is 1. The lowest BCUT2D eigenvalue weighted by Gasteiger charge is -2.46. The van der Waals surface area contributed by atoms with Crippen LogP contribution in [0.25, 0.3) is 21.5 Å². The molecule has 2 aliphatic heterocycles. The summed E-state index contributed by atoms with van der Waals surface area (Å²) in [5.74, 6) is -1.12. The highest BCUT2D eigenvalue weighted by Gasteiger charge is 2.50. The number of hydrogen-bond acceptors (Lipinski definition) is 3. The largest absolute Gasteiger partial charge is 0.330 e. The number of carbonyl (C=O) groups excluding carboxylic acids is 3. The number of urea groups is 2. The number of nitrogens with zero attached hydrogens (tertiary/aromatic N) is 1. The minimum atomic E-state index is -0.780. The van der Waals surface area contributed by atoms with Crippen molar-refractivity contribution in [2.24, 2.45) is 5.92 Å². The third-order valence-electron chi connectivity index (χ3n) is 6.71. The van der Waals surface area contributed by atoms with Crippen LogP contribution < -0.4 is 16.0 Å². The zero-order chi connectivity index (χ0) is 23.2. The van der Waals surface area contributed by atoms with Gasteiger partial charge in [-0.3, -0.25) is 15.0 Å². The minimum absolute atomic E-state index is 0.268. The molecule has 3 N–H and O–H groups in total. The van der Waals surface area contributed by atoms with E-state index in [1.54, 1.807) is 0 Å². The molecule has 0 aliphatic carbocycles. The van der Waals surface area contributed by atoms with Gasteiger partial charge in [0, 0.05) is 6.54 Å². The van der Waals surface area contributed by atoms with Crippen molar-refractivity contribution in [1.29, 1.82) is 0 Å². The normalized spacial score (nSPS) is 22.2. The van der Waals surface area contributed by atoms with E-state index in [0.29, 0.717) is 0 Å². The van der Waals surface area contributed by atoms with Crippen molar-refractivity contribution in [2.45, 2.75) is 18.8 Å². The molecule has 0 bridgehead atoms. The Morgan fingerprint density at radius 3 is 2.03 bits per heavy atom. The molecule has 2 saturated heterocycles. The molecule has 5 amide bonds. The van der Waals surface area contributed by atoms with Gasteiger partial charge in [0.2, 0.25) is 5.91 Å². The van der Waals surface area contributed by atoms with E-state index in [-0.39, 0.29) is 6.54 Å². The van der Waals surface area contributed by atoms with E-state index in [9.17, 15) is 14.4 Å². The second-order valence-corrected chi connectivity index (χ2v) is 8.71. The monoisotopic (exact) mass is 450 g/mol. The molecule has 7 heteroatoms. The number of rotatable bonds is 3. The van der Waals surface area contributed by atoms with Gasteiger partial charge < -0.3 is 10.6 Å². The molecule has 0 saturated carbocycles. The summed E-state index contributed by atoms with van der Waals surface area (Å²) in [6, 6.07) is 26.0. The van der Waals surface area contributed by atoms with Gasteiger partial charge in [0.25, 0.3) is 0 Å². The number of amides is 5. The molecule has 2 aliphatic rings. The molecule has 3 atom stereocenters. The Kier molecular flexibility index (Phi) is 4.69. The Balaban J connectivity index is 1.51. The van der Waals surface area contributed by atoms with Gasteiger partial charge in [0.15, 0.2) is 0 Å². The smallest absolute Gasteiger partial charge is 0.326 e. The first-order valence-electron chi connectivity index (χ1n) is 11.2. The van der Waals surface area contributed by atoms with Gasteiger partial charge in [-0.25, -0.2) is 9.59 Å². The van der Waals surface area contributed by atoms with E-state index in [0.717, 1.165) is 32.7 Å². The standard InChI is InChI=1S/C27H22N4O3/c32-25-22-23(21-19-12-6-4-10-17(19)14-18-11-5-7-13-20(18)21)28-26(33)29-24(22)31(27(34)30-25)15-16-8-2-1-3-9-16/h1-14,22-24H,15H2,(H2,28,29,33)(H,30,32,34). The van der Waals surface area contributed by atoms with Crippen LogP contribution in [0.5, 0.6) is 0 Å². The van der Waals surface area contributed by atoms with Gasteiger partial charge >= 0.3 is 12.1 Å². The summed E-state index contributed by atoms with van der Waals surface area (Å²) in [6.45, 7) is 0.268. The number of carbonyl (C=O) groups is 3. The summed E-state index contributed by atoms with van der Waals surface area (Å²) in [7, 11) is 0. The summed E-state index contributed by atoms with van der Waals surface area (Å²) in [5, 5.41) is 12.3. The number of benzene rings is 4. The van der Waals surface area contributed by atoms with Gasteiger partial charge in [-0.1, -0.05) is 78.9 Å². The molecule has 3 unspecified atom stereocenters. The summed E-state index contributed by atoms with van der Waals surface area (Å²) in [6.07, 6.45) is -0.780. The van der Waals surface area contributed by atoms with Crippen LogP contribution in [0, 0.1) is 5.92 Å². The number of hydrogen-bond donors (Lipinski definition) is 3. The van der Waals surface area contributed by atoms with E-state index >= 15 is 0 Å². The van der Waals surface area contributed by atoms with Gasteiger partial charge in [0.05, 0.1) is 6.04 Å². The zero-order valence-electron chi connectivity index (χ0n) is 18.2. The van der Waals surface area contributed by atoms with E-state index in [1.165, 1.54) is 4.90 Å². The first-order valence-corrected chi connectivity index (χ1v) is 11.2. The Bertz CT molecular complexity index is 1400. The minimum Gasteiger partial charge on any atom is -0.330 e. The lowest BCUT2D eigenvalue weighted by Crippen LogP contribution is -2.71. The quantitative estimate of drug-likeness (QED) is 0.412. The van der Waals surface area contributed by atoms with Crippen molar-refractivity contribution < 1.29 is 14.4 Å². The highest BCUT2D eigenvalue weighted by Crippen LogP contribution is 2.40. The predicted octanol–water partition coefficient (Wildman–Crippen LogP) is 4.04. The third kappa shape index (κ3) is 3.25. The van der Waals surface area contributed by atoms with Crippen LogP contribution in [0.2, 0.25) is 0 Å². The summed E-state index contributed by atoms with van der Waals surface area (Å²) >= 11 is 0. The fourth-order valence-corrected chi connectivity index (χ4v) is 5.22. The SMILES string of the molecule is O=C1NC(c2c3ccccc3cc3ccccc23)C2C(=O)NC(=O)N(Cc3ccccc3)C2N1. The summed E-state index contributed by atoms with van der Waals surface area (Å²) in [4.78, 5) is 40.5. The zero-order valence-corrected chi connectivity index (χ0v) is 18.2. The molecule has 7 nitrogen and oxygen atoms in total. The van der Waals surface area contributed by atoms with Crippen molar-refractivity contribution in [3.8, 4) is 0 Å². The van der Waals surface area contributed by atoms with Crippen LogP contribution >= 0.6 is 0 Å².